The van der Waals surface area contributed by atoms with Gasteiger partial charge in [0, 0.05) is 11.0 Å². The summed E-state index contributed by atoms with van der Waals surface area (Å²) in [6.45, 7) is 3.12. The Morgan fingerprint density at radius 3 is 2.31 bits per heavy atom. The molecule has 1 aromatic rings. The van der Waals surface area contributed by atoms with Crippen molar-refractivity contribution in [2.24, 2.45) is 5.92 Å². The first kappa shape index (κ1) is 10.8. The summed E-state index contributed by atoms with van der Waals surface area (Å²) in [7, 11) is 0. The molecule has 3 saturated heterocycles. The van der Waals surface area contributed by atoms with Crippen LogP contribution in [0.2, 0.25) is 0 Å². The molecular weight excluding hydrogens is 266 g/mol. The molecule has 4 rings (SSSR count). The van der Waals surface area contributed by atoms with Gasteiger partial charge in [-0.25, -0.2) is 0 Å². The highest BCUT2D eigenvalue weighted by Crippen LogP contribution is 2.42. The largest absolute Gasteiger partial charge is 0.384 e. The zero-order chi connectivity index (χ0) is 11.2. The van der Waals surface area contributed by atoms with E-state index < -0.39 is 5.60 Å². The first-order chi connectivity index (χ1) is 7.68. The Kier molecular flexibility index (Phi) is 2.57. The SMILES string of the molecule is OC1(c2ccc(Br)cc2)CN2CCC1CC2. The Labute approximate surface area is 104 Å². The molecule has 0 aliphatic carbocycles. The molecule has 1 aromatic carbocycles. The van der Waals surface area contributed by atoms with Crippen LogP contribution < -0.4 is 0 Å². The predicted molar refractivity (Wildman–Crippen MR) is 67.2 cm³/mol. The van der Waals surface area contributed by atoms with Crippen LogP contribution in [0.5, 0.6) is 0 Å². The Morgan fingerprint density at radius 2 is 1.81 bits per heavy atom. The molecule has 1 atom stereocenters. The Hall–Kier alpha value is -0.380. The fourth-order valence-corrected chi connectivity index (χ4v) is 3.37. The van der Waals surface area contributed by atoms with Crippen LogP contribution in [0.3, 0.4) is 0 Å². The molecule has 16 heavy (non-hydrogen) atoms. The number of aliphatic hydroxyl groups is 1. The van der Waals surface area contributed by atoms with E-state index in [1.165, 1.54) is 0 Å². The molecule has 3 fully saturated rings. The summed E-state index contributed by atoms with van der Waals surface area (Å²) in [6, 6.07) is 8.13. The van der Waals surface area contributed by atoms with E-state index in [1.54, 1.807) is 0 Å². The van der Waals surface area contributed by atoms with Crippen molar-refractivity contribution in [2.75, 3.05) is 19.6 Å². The fraction of sp³-hybridized carbons (Fsp3) is 0.538. The van der Waals surface area contributed by atoms with Crippen molar-refractivity contribution in [2.45, 2.75) is 18.4 Å². The number of halogens is 1. The standard InChI is InChI=1S/C13H16BrNO/c14-12-3-1-10(2-4-12)13(16)9-15-7-5-11(13)6-8-15/h1-4,11,16H,5-9H2. The van der Waals surface area contributed by atoms with Crippen LogP contribution in [0, 0.1) is 5.92 Å². The third kappa shape index (κ3) is 1.62. The third-order valence-corrected chi connectivity index (χ3v) is 4.60. The third-order valence-electron chi connectivity index (χ3n) is 4.07. The minimum Gasteiger partial charge on any atom is -0.384 e. The summed E-state index contributed by atoms with van der Waals surface area (Å²) in [5, 5.41) is 10.9. The molecule has 1 N–H and O–H groups in total. The average molecular weight is 282 g/mol. The number of rotatable bonds is 1. The lowest BCUT2D eigenvalue weighted by Gasteiger charge is -2.50. The van der Waals surface area contributed by atoms with Gasteiger partial charge in [-0.15, -0.1) is 0 Å². The first-order valence-corrected chi connectivity index (χ1v) is 6.68. The number of piperidine rings is 3. The Balaban J connectivity index is 1.95. The summed E-state index contributed by atoms with van der Waals surface area (Å²) in [5.74, 6) is 0.443. The zero-order valence-electron chi connectivity index (χ0n) is 9.19. The summed E-state index contributed by atoms with van der Waals surface area (Å²) in [4.78, 5) is 2.38. The number of hydrogen-bond donors (Lipinski definition) is 1. The molecule has 3 aliphatic heterocycles. The van der Waals surface area contributed by atoms with Gasteiger partial charge in [-0.3, -0.25) is 0 Å². The van der Waals surface area contributed by atoms with Crippen LogP contribution in [-0.2, 0) is 5.60 Å². The molecule has 3 heterocycles. The van der Waals surface area contributed by atoms with E-state index in [9.17, 15) is 5.11 Å². The van der Waals surface area contributed by atoms with E-state index in [-0.39, 0.29) is 0 Å². The lowest BCUT2D eigenvalue weighted by molar-refractivity contribution is -0.117. The molecular formula is C13H16BrNO. The van der Waals surface area contributed by atoms with Crippen molar-refractivity contribution in [3.63, 3.8) is 0 Å². The summed E-state index contributed by atoms with van der Waals surface area (Å²) in [5.41, 5.74) is 0.460. The van der Waals surface area contributed by atoms with Gasteiger partial charge in [0.25, 0.3) is 0 Å². The molecule has 0 amide bonds. The second-order valence-corrected chi connectivity index (χ2v) is 5.90. The first-order valence-electron chi connectivity index (χ1n) is 5.89. The highest BCUT2D eigenvalue weighted by Gasteiger charge is 2.46. The molecule has 2 nitrogen and oxygen atoms in total. The van der Waals surface area contributed by atoms with E-state index in [0.29, 0.717) is 5.92 Å². The van der Waals surface area contributed by atoms with Crippen LogP contribution in [-0.4, -0.2) is 29.6 Å². The maximum Gasteiger partial charge on any atom is 0.105 e. The molecule has 0 aromatic heterocycles. The van der Waals surface area contributed by atoms with Crippen molar-refractivity contribution in [3.05, 3.63) is 34.3 Å². The van der Waals surface area contributed by atoms with Crippen LogP contribution >= 0.6 is 15.9 Å². The average Bonchev–Trinajstić information content (AvgIpc) is 2.31. The summed E-state index contributed by atoms with van der Waals surface area (Å²) in [6.07, 6.45) is 2.26. The topological polar surface area (TPSA) is 23.5 Å². The molecule has 2 bridgehead atoms. The molecule has 0 saturated carbocycles. The maximum absolute atomic E-state index is 10.9. The lowest BCUT2D eigenvalue weighted by atomic mass is 9.72. The van der Waals surface area contributed by atoms with E-state index in [4.69, 9.17) is 0 Å². The molecule has 86 valence electrons. The number of benzene rings is 1. The van der Waals surface area contributed by atoms with E-state index in [2.05, 4.69) is 20.8 Å². The number of hydrogen-bond acceptors (Lipinski definition) is 2. The van der Waals surface area contributed by atoms with Crippen LogP contribution in [0.1, 0.15) is 18.4 Å². The summed E-state index contributed by atoms with van der Waals surface area (Å²) < 4.78 is 1.07. The molecule has 3 heteroatoms. The minimum absolute atomic E-state index is 0.443. The normalized spacial score (nSPS) is 37.6. The van der Waals surface area contributed by atoms with Gasteiger partial charge in [-0.05, 0) is 49.5 Å². The van der Waals surface area contributed by atoms with Gasteiger partial charge in [-0.2, -0.15) is 0 Å². The van der Waals surface area contributed by atoms with Crippen molar-refractivity contribution in [1.29, 1.82) is 0 Å². The Bertz CT molecular complexity index is 383. The highest BCUT2D eigenvalue weighted by atomic mass is 79.9. The number of fused-ring (bicyclic) bond motifs is 3. The Morgan fingerprint density at radius 1 is 1.19 bits per heavy atom. The van der Waals surface area contributed by atoms with Crippen molar-refractivity contribution < 1.29 is 5.11 Å². The molecule has 1 unspecified atom stereocenters. The number of nitrogens with zero attached hydrogens (tertiary/aromatic N) is 1. The van der Waals surface area contributed by atoms with Crippen molar-refractivity contribution >= 4 is 15.9 Å². The van der Waals surface area contributed by atoms with E-state index in [0.717, 1.165) is 42.5 Å². The van der Waals surface area contributed by atoms with Crippen LogP contribution in [0.4, 0.5) is 0 Å². The monoisotopic (exact) mass is 281 g/mol. The van der Waals surface area contributed by atoms with Gasteiger partial charge in [0.2, 0.25) is 0 Å². The van der Waals surface area contributed by atoms with Gasteiger partial charge in [0.15, 0.2) is 0 Å². The summed E-state index contributed by atoms with van der Waals surface area (Å²) >= 11 is 3.44. The lowest BCUT2D eigenvalue weighted by Crippen LogP contribution is -2.57. The van der Waals surface area contributed by atoms with E-state index in [1.807, 2.05) is 24.3 Å². The molecule has 3 aliphatic rings. The smallest absolute Gasteiger partial charge is 0.105 e. The quantitative estimate of drug-likeness (QED) is 0.854. The molecule has 0 radical (unpaired) electrons. The van der Waals surface area contributed by atoms with Gasteiger partial charge < -0.3 is 10.0 Å². The maximum atomic E-state index is 10.9. The van der Waals surface area contributed by atoms with Crippen molar-refractivity contribution in [1.82, 2.24) is 4.90 Å². The predicted octanol–water partition coefficient (Wildman–Crippen LogP) is 2.36. The second-order valence-electron chi connectivity index (χ2n) is 4.98. The van der Waals surface area contributed by atoms with Gasteiger partial charge >= 0.3 is 0 Å². The minimum atomic E-state index is -0.614. The van der Waals surface area contributed by atoms with Gasteiger partial charge in [-0.1, -0.05) is 28.1 Å². The van der Waals surface area contributed by atoms with Crippen molar-refractivity contribution in [3.8, 4) is 0 Å². The van der Waals surface area contributed by atoms with Crippen LogP contribution in [0.15, 0.2) is 28.7 Å². The van der Waals surface area contributed by atoms with E-state index >= 15 is 0 Å². The van der Waals surface area contributed by atoms with Gasteiger partial charge in [0.05, 0.1) is 0 Å². The zero-order valence-corrected chi connectivity index (χ0v) is 10.8. The van der Waals surface area contributed by atoms with Crippen LogP contribution in [0.25, 0.3) is 0 Å². The fourth-order valence-electron chi connectivity index (χ4n) is 3.10. The van der Waals surface area contributed by atoms with Gasteiger partial charge in [0.1, 0.15) is 5.60 Å². The second kappa shape index (κ2) is 3.83. The molecule has 0 spiro atoms. The highest BCUT2D eigenvalue weighted by molar-refractivity contribution is 9.10.